The predicted molar refractivity (Wildman–Crippen MR) is 68.9 cm³/mol. The van der Waals surface area contributed by atoms with E-state index in [2.05, 4.69) is 15.0 Å². The maximum atomic E-state index is 12.4. The van der Waals surface area contributed by atoms with Crippen LogP contribution in [0.2, 0.25) is 5.02 Å². The topological polar surface area (TPSA) is 77.2 Å². The van der Waals surface area contributed by atoms with Gasteiger partial charge in [-0.25, -0.2) is 9.48 Å². The molecule has 0 aliphatic carbocycles. The lowest BCUT2D eigenvalue weighted by molar-refractivity contribution is -0.0505. The Morgan fingerprint density at radius 3 is 2.81 bits per heavy atom. The first kappa shape index (κ1) is 15.2. The van der Waals surface area contributed by atoms with Crippen LogP contribution in [-0.4, -0.2) is 32.7 Å². The van der Waals surface area contributed by atoms with E-state index in [9.17, 15) is 13.6 Å². The highest BCUT2D eigenvalue weighted by molar-refractivity contribution is 6.30. The van der Waals surface area contributed by atoms with Crippen LogP contribution in [0.5, 0.6) is 5.75 Å². The fraction of sp³-hybridized carbons (Fsp3) is 0.250. The SMILES string of the molecule is Cc1c(C(=O)O)nnn1Cc1cc(Cl)ccc1OC(F)F. The highest BCUT2D eigenvalue weighted by atomic mass is 35.5. The van der Waals surface area contributed by atoms with Gasteiger partial charge in [-0.1, -0.05) is 16.8 Å². The maximum absolute atomic E-state index is 12.4. The summed E-state index contributed by atoms with van der Waals surface area (Å²) in [4.78, 5) is 10.9. The molecule has 0 aliphatic rings. The number of aromatic nitrogens is 3. The first-order chi connectivity index (χ1) is 9.88. The van der Waals surface area contributed by atoms with E-state index in [4.69, 9.17) is 16.7 Å². The molecular weight excluding hydrogens is 308 g/mol. The van der Waals surface area contributed by atoms with Crippen LogP contribution in [0.15, 0.2) is 18.2 Å². The lowest BCUT2D eigenvalue weighted by Gasteiger charge is -2.11. The molecule has 0 fully saturated rings. The normalized spacial score (nSPS) is 10.9. The Bertz CT molecular complexity index is 676. The van der Waals surface area contributed by atoms with Gasteiger partial charge in [-0.3, -0.25) is 0 Å². The summed E-state index contributed by atoms with van der Waals surface area (Å²) < 4.78 is 30.4. The van der Waals surface area contributed by atoms with Gasteiger partial charge < -0.3 is 9.84 Å². The zero-order chi connectivity index (χ0) is 15.6. The number of nitrogens with zero attached hydrogens (tertiary/aromatic N) is 3. The Morgan fingerprint density at radius 1 is 1.52 bits per heavy atom. The van der Waals surface area contributed by atoms with Gasteiger partial charge in [-0.15, -0.1) is 5.10 Å². The van der Waals surface area contributed by atoms with Gasteiger partial charge in [-0.05, 0) is 25.1 Å². The summed E-state index contributed by atoms with van der Waals surface area (Å²) >= 11 is 5.83. The minimum atomic E-state index is -2.98. The van der Waals surface area contributed by atoms with Crippen LogP contribution in [0.4, 0.5) is 8.78 Å². The predicted octanol–water partition coefficient (Wildman–Crippen LogP) is 2.59. The average Bonchev–Trinajstić information content (AvgIpc) is 2.74. The van der Waals surface area contributed by atoms with Crippen LogP contribution in [-0.2, 0) is 6.54 Å². The van der Waals surface area contributed by atoms with Crippen LogP contribution in [0, 0.1) is 6.92 Å². The standard InChI is InChI=1S/C12H10ClF2N3O3/c1-6-10(11(19)20)16-17-18(6)5-7-4-8(13)2-3-9(7)21-12(14)15/h2-4,12H,5H2,1H3,(H,19,20). The van der Waals surface area contributed by atoms with E-state index in [1.807, 2.05) is 0 Å². The third kappa shape index (κ3) is 3.46. The number of halogens is 3. The Morgan fingerprint density at radius 2 is 2.24 bits per heavy atom. The van der Waals surface area contributed by atoms with Gasteiger partial charge in [0.05, 0.1) is 12.2 Å². The van der Waals surface area contributed by atoms with Crippen LogP contribution in [0.3, 0.4) is 0 Å². The van der Waals surface area contributed by atoms with E-state index in [0.717, 1.165) is 0 Å². The number of rotatable bonds is 5. The molecule has 1 aromatic carbocycles. The van der Waals surface area contributed by atoms with Crippen molar-refractivity contribution in [2.75, 3.05) is 0 Å². The van der Waals surface area contributed by atoms with Gasteiger partial charge in [0.1, 0.15) is 5.75 Å². The highest BCUT2D eigenvalue weighted by Crippen LogP contribution is 2.25. The smallest absolute Gasteiger partial charge is 0.387 e. The van der Waals surface area contributed by atoms with E-state index >= 15 is 0 Å². The molecule has 0 atom stereocenters. The van der Waals surface area contributed by atoms with E-state index in [0.29, 0.717) is 16.3 Å². The number of carbonyl (C=O) groups is 1. The summed E-state index contributed by atoms with van der Waals surface area (Å²) in [6, 6.07) is 4.18. The summed E-state index contributed by atoms with van der Waals surface area (Å²) in [5, 5.41) is 16.4. The molecule has 1 N–H and O–H groups in total. The van der Waals surface area contributed by atoms with Crippen molar-refractivity contribution in [3.05, 3.63) is 40.2 Å². The van der Waals surface area contributed by atoms with E-state index in [-0.39, 0.29) is 18.0 Å². The van der Waals surface area contributed by atoms with Crippen molar-refractivity contribution >= 4 is 17.6 Å². The van der Waals surface area contributed by atoms with Gasteiger partial charge >= 0.3 is 12.6 Å². The zero-order valence-electron chi connectivity index (χ0n) is 10.8. The van der Waals surface area contributed by atoms with Crippen molar-refractivity contribution in [3.8, 4) is 5.75 Å². The Kier molecular flexibility index (Phi) is 4.37. The molecule has 0 saturated heterocycles. The van der Waals surface area contributed by atoms with Crippen molar-refractivity contribution < 1.29 is 23.4 Å². The van der Waals surface area contributed by atoms with Crippen LogP contribution < -0.4 is 4.74 Å². The molecule has 1 heterocycles. The van der Waals surface area contributed by atoms with Crippen LogP contribution >= 0.6 is 11.6 Å². The molecule has 0 unspecified atom stereocenters. The van der Waals surface area contributed by atoms with Crippen molar-refractivity contribution in [2.45, 2.75) is 20.1 Å². The molecule has 6 nitrogen and oxygen atoms in total. The van der Waals surface area contributed by atoms with E-state index in [1.165, 1.54) is 29.8 Å². The van der Waals surface area contributed by atoms with E-state index in [1.54, 1.807) is 0 Å². The fourth-order valence-corrected chi connectivity index (χ4v) is 1.95. The summed E-state index contributed by atoms with van der Waals surface area (Å²) in [6.45, 7) is -1.45. The monoisotopic (exact) mass is 317 g/mol. The lowest BCUT2D eigenvalue weighted by atomic mass is 10.2. The third-order valence-corrected chi connectivity index (χ3v) is 2.98. The number of carboxylic acids is 1. The van der Waals surface area contributed by atoms with Gasteiger partial charge in [-0.2, -0.15) is 8.78 Å². The zero-order valence-corrected chi connectivity index (χ0v) is 11.5. The molecule has 0 bridgehead atoms. The van der Waals surface area contributed by atoms with Gasteiger partial charge in [0, 0.05) is 10.6 Å². The largest absolute Gasteiger partial charge is 0.476 e. The van der Waals surface area contributed by atoms with Crippen LogP contribution in [0.1, 0.15) is 21.7 Å². The molecule has 21 heavy (non-hydrogen) atoms. The van der Waals surface area contributed by atoms with Crippen LogP contribution in [0.25, 0.3) is 0 Å². The second kappa shape index (κ2) is 6.04. The minimum Gasteiger partial charge on any atom is -0.476 e. The number of carboxylic acid groups (broad SMARTS) is 1. The summed E-state index contributed by atoms with van der Waals surface area (Å²) in [7, 11) is 0. The molecule has 1 aromatic heterocycles. The highest BCUT2D eigenvalue weighted by Gasteiger charge is 2.17. The number of hydrogen-bond acceptors (Lipinski definition) is 4. The molecule has 0 saturated carbocycles. The maximum Gasteiger partial charge on any atom is 0.387 e. The number of alkyl halides is 2. The van der Waals surface area contributed by atoms with Gasteiger partial charge in [0.15, 0.2) is 5.69 Å². The van der Waals surface area contributed by atoms with E-state index < -0.39 is 12.6 Å². The second-order valence-corrected chi connectivity index (χ2v) is 4.55. The average molecular weight is 318 g/mol. The first-order valence-electron chi connectivity index (χ1n) is 5.75. The van der Waals surface area contributed by atoms with Crippen molar-refractivity contribution in [1.82, 2.24) is 15.0 Å². The third-order valence-electron chi connectivity index (χ3n) is 2.74. The second-order valence-electron chi connectivity index (χ2n) is 4.12. The summed E-state index contributed by atoms with van der Waals surface area (Å²) in [5.41, 5.74) is 0.437. The number of aromatic carboxylic acids is 1. The molecule has 2 aromatic rings. The van der Waals surface area contributed by atoms with Gasteiger partial charge in [0.25, 0.3) is 0 Å². The summed E-state index contributed by atoms with van der Waals surface area (Å²) in [6.07, 6.45) is 0. The summed E-state index contributed by atoms with van der Waals surface area (Å²) in [5.74, 6) is -1.27. The molecular formula is C12H10ClF2N3O3. The van der Waals surface area contributed by atoms with Crippen molar-refractivity contribution in [2.24, 2.45) is 0 Å². The molecule has 0 amide bonds. The number of ether oxygens (including phenoxy) is 1. The molecule has 9 heteroatoms. The molecule has 0 aliphatic heterocycles. The molecule has 2 rings (SSSR count). The Labute approximate surface area is 122 Å². The lowest BCUT2D eigenvalue weighted by Crippen LogP contribution is -2.09. The molecule has 0 radical (unpaired) electrons. The number of hydrogen-bond donors (Lipinski definition) is 1. The van der Waals surface area contributed by atoms with Gasteiger partial charge in [0.2, 0.25) is 0 Å². The Balaban J connectivity index is 2.34. The first-order valence-corrected chi connectivity index (χ1v) is 6.13. The molecule has 112 valence electrons. The molecule has 0 spiro atoms. The fourth-order valence-electron chi connectivity index (χ4n) is 1.75. The quantitative estimate of drug-likeness (QED) is 0.917. The van der Waals surface area contributed by atoms with Crippen molar-refractivity contribution in [1.29, 1.82) is 0 Å². The van der Waals surface area contributed by atoms with Crippen molar-refractivity contribution in [3.63, 3.8) is 0 Å². The minimum absolute atomic E-state index is 0.00866. The Hall–Kier alpha value is -2.22. The number of benzene rings is 1.